The highest BCUT2D eigenvalue weighted by molar-refractivity contribution is 6.09. The molecule has 0 aliphatic carbocycles. The van der Waals surface area contributed by atoms with Crippen molar-refractivity contribution in [1.82, 2.24) is 4.57 Å². The predicted molar refractivity (Wildman–Crippen MR) is 207 cm³/mol. The van der Waals surface area contributed by atoms with Crippen molar-refractivity contribution in [2.45, 2.75) is 52.4 Å². The molecule has 0 radical (unpaired) electrons. The molecule has 0 spiro atoms. The van der Waals surface area contributed by atoms with Gasteiger partial charge in [0.05, 0.1) is 22.4 Å². The number of aromatic nitrogens is 1. The minimum absolute atomic E-state index is 0.0530. The van der Waals surface area contributed by atoms with E-state index in [1.807, 2.05) is 6.07 Å². The summed E-state index contributed by atoms with van der Waals surface area (Å²) in [6, 6.07) is 50.1. The van der Waals surface area contributed by atoms with Crippen molar-refractivity contribution in [3.8, 4) is 17.2 Å². The van der Waals surface area contributed by atoms with E-state index in [0.29, 0.717) is 0 Å². The Kier molecular flexibility index (Phi) is 7.29. The first-order valence-electron chi connectivity index (χ1n) is 17.2. The van der Waals surface area contributed by atoms with Gasteiger partial charge in [0.25, 0.3) is 0 Å². The molecule has 8 rings (SSSR count). The maximum atomic E-state index is 6.65. The smallest absolute Gasteiger partial charge is 0.129 e. The zero-order valence-electron chi connectivity index (χ0n) is 29.2. The average molecular weight is 642 g/mol. The van der Waals surface area contributed by atoms with Crippen LogP contribution in [0.1, 0.15) is 52.7 Å². The van der Waals surface area contributed by atoms with Gasteiger partial charge in [-0.15, -0.1) is 0 Å². The highest BCUT2D eigenvalue weighted by Crippen LogP contribution is 2.45. The molecule has 0 bridgehead atoms. The normalized spacial score (nSPS) is 13.3. The summed E-state index contributed by atoms with van der Waals surface area (Å²) < 4.78 is 9.02. The summed E-state index contributed by atoms with van der Waals surface area (Å²) >= 11 is 0. The first-order valence-corrected chi connectivity index (χ1v) is 17.2. The van der Waals surface area contributed by atoms with Crippen molar-refractivity contribution < 1.29 is 4.74 Å². The number of fused-ring (bicyclic) bond motifs is 4. The highest BCUT2D eigenvalue weighted by Gasteiger charge is 2.29. The second-order valence-electron chi connectivity index (χ2n) is 15.2. The van der Waals surface area contributed by atoms with Crippen molar-refractivity contribution >= 4 is 44.6 Å². The number of nitrogens with zero attached hydrogens (tertiary/aromatic N) is 3. The molecule has 0 atom stereocenters. The van der Waals surface area contributed by atoms with Crippen LogP contribution < -0.4 is 14.5 Å². The summed E-state index contributed by atoms with van der Waals surface area (Å²) in [6.07, 6.45) is 0. The summed E-state index contributed by atoms with van der Waals surface area (Å²) in [4.78, 5) is 4.77. The molecule has 0 saturated carbocycles. The van der Waals surface area contributed by atoms with Crippen LogP contribution >= 0.6 is 0 Å². The number of anilines is 4. The minimum atomic E-state index is 0.0530. The zero-order valence-corrected chi connectivity index (χ0v) is 29.2. The summed E-state index contributed by atoms with van der Waals surface area (Å²) in [5.41, 5.74) is 10.9. The topological polar surface area (TPSA) is 20.6 Å². The fraction of sp³-hybridized carbons (Fsp3) is 0.200. The third-order valence-corrected chi connectivity index (χ3v) is 9.75. The second-order valence-corrected chi connectivity index (χ2v) is 15.2. The molecule has 0 saturated heterocycles. The van der Waals surface area contributed by atoms with Crippen LogP contribution in [0.5, 0.6) is 11.5 Å². The molecule has 0 N–H and O–H groups in total. The van der Waals surface area contributed by atoms with Gasteiger partial charge in [-0.1, -0.05) is 102 Å². The van der Waals surface area contributed by atoms with Gasteiger partial charge < -0.3 is 19.1 Å². The summed E-state index contributed by atoms with van der Waals surface area (Å²) in [5.74, 6) is 1.61. The Bertz CT molecular complexity index is 2340. The van der Waals surface area contributed by atoms with Gasteiger partial charge in [0.15, 0.2) is 0 Å². The van der Waals surface area contributed by atoms with Crippen LogP contribution in [0.2, 0.25) is 0 Å². The van der Waals surface area contributed by atoms with Crippen LogP contribution in [-0.4, -0.2) is 11.2 Å². The molecule has 0 amide bonds. The lowest BCUT2D eigenvalue weighted by molar-refractivity contribution is 0.483. The van der Waals surface area contributed by atoms with Crippen LogP contribution in [0.15, 0.2) is 140 Å². The molecule has 2 heterocycles. The molecule has 6 aromatic carbocycles. The second kappa shape index (κ2) is 11.6. The van der Waals surface area contributed by atoms with E-state index < -0.39 is 0 Å². The number of para-hydroxylation sites is 3. The van der Waals surface area contributed by atoms with Gasteiger partial charge in [-0.25, -0.2) is 0 Å². The van der Waals surface area contributed by atoms with E-state index in [9.17, 15) is 0 Å². The average Bonchev–Trinajstić information content (AvgIpc) is 3.64. The molecular formula is C45H43N3O. The van der Waals surface area contributed by atoms with Gasteiger partial charge >= 0.3 is 0 Å². The van der Waals surface area contributed by atoms with Crippen molar-refractivity contribution in [2.75, 3.05) is 16.5 Å². The molecule has 0 fully saturated rings. The van der Waals surface area contributed by atoms with Crippen LogP contribution in [0.25, 0.3) is 27.5 Å². The maximum absolute atomic E-state index is 6.65. The lowest BCUT2D eigenvalue weighted by Crippen LogP contribution is -2.24. The number of benzene rings is 6. The maximum Gasteiger partial charge on any atom is 0.129 e. The largest absolute Gasteiger partial charge is 0.457 e. The summed E-state index contributed by atoms with van der Waals surface area (Å²) in [5, 5.41) is 2.44. The van der Waals surface area contributed by atoms with Gasteiger partial charge in [-0.3, -0.25) is 0 Å². The van der Waals surface area contributed by atoms with Crippen molar-refractivity contribution in [3.05, 3.63) is 151 Å². The Morgan fingerprint density at radius 1 is 0.449 bits per heavy atom. The lowest BCUT2D eigenvalue weighted by Gasteiger charge is -2.25. The van der Waals surface area contributed by atoms with Gasteiger partial charge in [0.2, 0.25) is 0 Å². The predicted octanol–water partition coefficient (Wildman–Crippen LogP) is 12.4. The van der Waals surface area contributed by atoms with Gasteiger partial charge in [0, 0.05) is 40.0 Å². The first-order chi connectivity index (χ1) is 23.5. The minimum Gasteiger partial charge on any atom is -0.457 e. The Balaban J connectivity index is 1.15. The zero-order chi connectivity index (χ0) is 33.9. The first kappa shape index (κ1) is 30.8. The van der Waals surface area contributed by atoms with Crippen LogP contribution in [-0.2, 0) is 10.8 Å². The van der Waals surface area contributed by atoms with E-state index in [2.05, 4.69) is 189 Å². The van der Waals surface area contributed by atoms with E-state index in [1.54, 1.807) is 0 Å². The number of rotatable bonds is 5. The molecule has 7 aromatic rings. The Morgan fingerprint density at radius 3 is 1.65 bits per heavy atom. The molecule has 1 aliphatic rings. The van der Waals surface area contributed by atoms with Crippen molar-refractivity contribution in [2.24, 2.45) is 0 Å². The van der Waals surface area contributed by atoms with E-state index in [0.717, 1.165) is 35.1 Å². The summed E-state index contributed by atoms with van der Waals surface area (Å²) in [6.45, 7) is 14.3. The van der Waals surface area contributed by atoms with Crippen LogP contribution in [0.3, 0.4) is 0 Å². The number of hydrogen-bond donors (Lipinski definition) is 0. The van der Waals surface area contributed by atoms with Gasteiger partial charge in [-0.05, 0) is 88.7 Å². The Labute approximate surface area is 289 Å². The van der Waals surface area contributed by atoms with Crippen LogP contribution in [0, 0.1) is 0 Å². The third kappa shape index (κ3) is 5.61. The highest BCUT2D eigenvalue weighted by atomic mass is 16.5. The fourth-order valence-electron chi connectivity index (χ4n) is 7.05. The van der Waals surface area contributed by atoms with E-state index in [1.165, 1.54) is 44.5 Å². The third-order valence-electron chi connectivity index (χ3n) is 9.75. The SMILES string of the molecule is CC(C)(C)c1cccc(N2CN(c3cccc(Oc4ccc5c6ccccc6n(-c6cccc(C(C)(C)C)c6)c5c4)c3)c3ccccc32)c1. The molecule has 1 aromatic heterocycles. The molecule has 4 nitrogen and oxygen atoms in total. The Hall–Kier alpha value is -5.48. The summed E-state index contributed by atoms with van der Waals surface area (Å²) in [7, 11) is 0. The number of ether oxygens (including phenoxy) is 1. The van der Waals surface area contributed by atoms with Gasteiger partial charge in [0.1, 0.15) is 18.2 Å². The monoisotopic (exact) mass is 641 g/mol. The molecule has 4 heteroatoms. The molecule has 244 valence electrons. The lowest BCUT2D eigenvalue weighted by atomic mass is 9.87. The number of hydrogen-bond acceptors (Lipinski definition) is 3. The molecule has 49 heavy (non-hydrogen) atoms. The fourth-order valence-corrected chi connectivity index (χ4v) is 7.05. The van der Waals surface area contributed by atoms with E-state index >= 15 is 0 Å². The van der Waals surface area contributed by atoms with Crippen LogP contribution in [0.4, 0.5) is 22.7 Å². The molecule has 0 unspecified atom stereocenters. The van der Waals surface area contributed by atoms with Crippen molar-refractivity contribution in [3.63, 3.8) is 0 Å². The molecule has 1 aliphatic heterocycles. The quantitative estimate of drug-likeness (QED) is 0.187. The van der Waals surface area contributed by atoms with Crippen molar-refractivity contribution in [1.29, 1.82) is 0 Å². The standard InChI is InChI=1S/C45H43N3O/c1-44(2,3)31-14-11-16-33(26-31)46-30-47(42-23-10-9-22-41(42)46)34-17-13-19-36(28-34)49-37-24-25-39-38-20-7-8-21-40(38)48(43(39)29-37)35-18-12-15-32(27-35)45(4,5)6/h7-29H,30H2,1-6H3. The van der Waals surface area contributed by atoms with Gasteiger partial charge in [-0.2, -0.15) is 0 Å². The van der Waals surface area contributed by atoms with E-state index in [-0.39, 0.29) is 10.8 Å². The van der Waals surface area contributed by atoms with E-state index in [4.69, 9.17) is 4.74 Å². The molecular weight excluding hydrogens is 599 g/mol. The Morgan fingerprint density at radius 2 is 0.980 bits per heavy atom.